The van der Waals surface area contributed by atoms with Gasteiger partial charge < -0.3 is 9.64 Å². The second-order valence-electron chi connectivity index (χ2n) is 7.36. The predicted octanol–water partition coefficient (Wildman–Crippen LogP) is 2.73. The van der Waals surface area contributed by atoms with Crippen molar-refractivity contribution in [2.45, 2.75) is 58.6 Å². The minimum absolute atomic E-state index is 0.0678. The Balaban J connectivity index is 1.57. The Hall–Kier alpha value is -1.73. The molecule has 2 aliphatic rings. The Kier molecular flexibility index (Phi) is 4.61. The molecule has 0 spiro atoms. The SMILES string of the molecule is Cc1sc2nc(C)n(C3CCN(C(=O)[C@@H]4CCCO4)CC3)c(=O)c2c1C. The molecule has 0 N–H and O–H groups in total. The normalized spacial score (nSPS) is 21.7. The number of hydrogen-bond acceptors (Lipinski definition) is 5. The van der Waals surface area contributed by atoms with Gasteiger partial charge in [-0.05, 0) is 52.0 Å². The van der Waals surface area contributed by atoms with E-state index in [9.17, 15) is 9.59 Å². The number of aromatic nitrogens is 2. The average molecular weight is 375 g/mol. The van der Waals surface area contributed by atoms with E-state index in [4.69, 9.17) is 9.72 Å². The predicted molar refractivity (Wildman–Crippen MR) is 102 cm³/mol. The average Bonchev–Trinajstić information content (AvgIpc) is 3.24. The largest absolute Gasteiger partial charge is 0.368 e. The summed E-state index contributed by atoms with van der Waals surface area (Å²) in [6.45, 7) is 7.99. The van der Waals surface area contributed by atoms with Gasteiger partial charge in [-0.3, -0.25) is 14.2 Å². The number of nitrogens with zero attached hydrogens (tertiary/aromatic N) is 3. The summed E-state index contributed by atoms with van der Waals surface area (Å²) in [7, 11) is 0. The van der Waals surface area contributed by atoms with Gasteiger partial charge in [-0.25, -0.2) is 4.98 Å². The van der Waals surface area contributed by atoms with Crippen LogP contribution in [0.5, 0.6) is 0 Å². The van der Waals surface area contributed by atoms with Gasteiger partial charge in [-0.15, -0.1) is 11.3 Å². The number of thiophene rings is 1. The molecule has 0 radical (unpaired) electrons. The highest BCUT2D eigenvalue weighted by Crippen LogP contribution is 2.29. The summed E-state index contributed by atoms with van der Waals surface area (Å²) in [5.74, 6) is 0.885. The third kappa shape index (κ3) is 2.87. The van der Waals surface area contributed by atoms with E-state index < -0.39 is 0 Å². The monoisotopic (exact) mass is 375 g/mol. The Morgan fingerprint density at radius 2 is 1.92 bits per heavy atom. The van der Waals surface area contributed by atoms with Crippen LogP contribution >= 0.6 is 11.3 Å². The maximum atomic E-state index is 13.1. The first-order chi connectivity index (χ1) is 12.5. The lowest BCUT2D eigenvalue weighted by molar-refractivity contribution is -0.142. The number of carbonyl (C=O) groups excluding carboxylic acids is 1. The molecular formula is C19H25N3O3S. The summed E-state index contributed by atoms with van der Waals surface area (Å²) in [6, 6.07) is 0.104. The zero-order valence-electron chi connectivity index (χ0n) is 15.6. The zero-order chi connectivity index (χ0) is 18.4. The number of hydrogen-bond donors (Lipinski definition) is 0. The van der Waals surface area contributed by atoms with E-state index in [0.717, 1.165) is 52.2 Å². The molecule has 1 atom stereocenters. The van der Waals surface area contributed by atoms with Crippen molar-refractivity contribution in [1.82, 2.24) is 14.5 Å². The lowest BCUT2D eigenvalue weighted by atomic mass is 10.0. The van der Waals surface area contributed by atoms with Crippen molar-refractivity contribution >= 4 is 27.5 Å². The summed E-state index contributed by atoms with van der Waals surface area (Å²) < 4.78 is 7.38. The summed E-state index contributed by atoms with van der Waals surface area (Å²) in [6.07, 6.45) is 3.11. The molecule has 0 bridgehead atoms. The number of amides is 1. The van der Waals surface area contributed by atoms with E-state index in [1.807, 2.05) is 30.2 Å². The van der Waals surface area contributed by atoms with E-state index in [1.54, 1.807) is 11.3 Å². The number of fused-ring (bicyclic) bond motifs is 1. The fourth-order valence-corrected chi connectivity index (χ4v) is 5.22. The molecule has 2 aromatic heterocycles. The molecule has 2 saturated heterocycles. The third-order valence-electron chi connectivity index (χ3n) is 5.76. The van der Waals surface area contributed by atoms with Crippen molar-refractivity contribution in [3.63, 3.8) is 0 Å². The van der Waals surface area contributed by atoms with Crippen molar-refractivity contribution < 1.29 is 9.53 Å². The summed E-state index contributed by atoms with van der Waals surface area (Å²) in [5, 5.41) is 0.760. The van der Waals surface area contributed by atoms with Gasteiger partial charge >= 0.3 is 0 Å². The van der Waals surface area contributed by atoms with Crippen LogP contribution in [0.25, 0.3) is 10.2 Å². The first-order valence-corrected chi connectivity index (χ1v) is 10.2. The first kappa shape index (κ1) is 17.7. The van der Waals surface area contributed by atoms with Gasteiger partial charge in [-0.2, -0.15) is 0 Å². The highest BCUT2D eigenvalue weighted by Gasteiger charge is 2.32. The number of piperidine rings is 1. The molecule has 0 saturated carbocycles. The molecule has 0 unspecified atom stereocenters. The van der Waals surface area contributed by atoms with Crippen LogP contribution in [0, 0.1) is 20.8 Å². The molecule has 26 heavy (non-hydrogen) atoms. The van der Waals surface area contributed by atoms with Crippen LogP contribution in [-0.4, -0.2) is 46.2 Å². The van der Waals surface area contributed by atoms with Gasteiger partial charge in [0.05, 0.1) is 5.39 Å². The maximum Gasteiger partial charge on any atom is 0.262 e. The minimum atomic E-state index is -0.259. The number of likely N-dealkylation sites (tertiary alicyclic amines) is 1. The molecule has 4 heterocycles. The molecule has 140 valence electrons. The van der Waals surface area contributed by atoms with Gasteiger partial charge in [-0.1, -0.05) is 0 Å². The van der Waals surface area contributed by atoms with Crippen LogP contribution in [0.3, 0.4) is 0 Å². The molecule has 2 fully saturated rings. The van der Waals surface area contributed by atoms with Gasteiger partial charge in [0.1, 0.15) is 16.8 Å². The fourth-order valence-electron chi connectivity index (χ4n) is 4.16. The van der Waals surface area contributed by atoms with Crippen LogP contribution in [0.2, 0.25) is 0 Å². The number of ether oxygens (including phenoxy) is 1. The highest BCUT2D eigenvalue weighted by molar-refractivity contribution is 7.18. The molecule has 1 amide bonds. The molecular weight excluding hydrogens is 350 g/mol. The Bertz CT molecular complexity index is 903. The Morgan fingerprint density at radius 3 is 2.58 bits per heavy atom. The summed E-state index contributed by atoms with van der Waals surface area (Å²) in [5.41, 5.74) is 1.11. The lowest BCUT2D eigenvalue weighted by Crippen LogP contribution is -2.45. The quantitative estimate of drug-likeness (QED) is 0.810. The number of rotatable bonds is 2. The van der Waals surface area contributed by atoms with Gasteiger partial charge in [0.25, 0.3) is 11.5 Å². The molecule has 6 nitrogen and oxygen atoms in total. The van der Waals surface area contributed by atoms with Crippen LogP contribution < -0.4 is 5.56 Å². The summed E-state index contributed by atoms with van der Waals surface area (Å²) in [4.78, 5) is 34.2. The smallest absolute Gasteiger partial charge is 0.262 e. The second-order valence-corrected chi connectivity index (χ2v) is 8.56. The topological polar surface area (TPSA) is 64.4 Å². The van der Waals surface area contributed by atoms with Gasteiger partial charge in [0, 0.05) is 30.6 Å². The minimum Gasteiger partial charge on any atom is -0.368 e. The van der Waals surface area contributed by atoms with Crippen molar-refractivity contribution in [1.29, 1.82) is 0 Å². The Morgan fingerprint density at radius 1 is 1.19 bits per heavy atom. The van der Waals surface area contributed by atoms with E-state index in [2.05, 4.69) is 0 Å². The summed E-state index contributed by atoms with van der Waals surface area (Å²) >= 11 is 1.59. The van der Waals surface area contributed by atoms with Crippen molar-refractivity contribution in [3.05, 3.63) is 26.6 Å². The van der Waals surface area contributed by atoms with E-state index >= 15 is 0 Å². The zero-order valence-corrected chi connectivity index (χ0v) is 16.4. The molecule has 7 heteroatoms. The number of carbonyl (C=O) groups is 1. The van der Waals surface area contributed by atoms with E-state index in [-0.39, 0.29) is 23.6 Å². The van der Waals surface area contributed by atoms with Crippen molar-refractivity contribution in [3.8, 4) is 0 Å². The van der Waals surface area contributed by atoms with Crippen LogP contribution in [0.15, 0.2) is 4.79 Å². The fraction of sp³-hybridized carbons (Fsp3) is 0.632. The Labute approximate surface area is 156 Å². The highest BCUT2D eigenvalue weighted by atomic mass is 32.1. The maximum absolute atomic E-state index is 13.1. The molecule has 0 aliphatic carbocycles. The molecule has 2 aromatic rings. The van der Waals surface area contributed by atoms with Gasteiger partial charge in [0.2, 0.25) is 0 Å². The van der Waals surface area contributed by atoms with Crippen LogP contribution in [-0.2, 0) is 9.53 Å². The van der Waals surface area contributed by atoms with E-state index in [1.165, 1.54) is 0 Å². The molecule has 2 aliphatic heterocycles. The third-order valence-corrected chi connectivity index (χ3v) is 6.86. The number of aryl methyl sites for hydroxylation is 3. The van der Waals surface area contributed by atoms with Gasteiger partial charge in [0.15, 0.2) is 0 Å². The standard InChI is InChI=1S/C19H25N3O3S/c1-11-12(2)26-17-16(11)19(24)22(13(3)20-17)14-6-8-21(9-7-14)18(23)15-5-4-10-25-15/h14-15H,4-10H2,1-3H3/t15-/m0/s1. The van der Waals surface area contributed by atoms with Crippen LogP contribution in [0.4, 0.5) is 0 Å². The van der Waals surface area contributed by atoms with E-state index in [0.29, 0.717) is 19.7 Å². The lowest BCUT2D eigenvalue weighted by Gasteiger charge is -2.34. The molecule has 4 rings (SSSR count). The van der Waals surface area contributed by atoms with Crippen molar-refractivity contribution in [2.75, 3.05) is 19.7 Å². The van der Waals surface area contributed by atoms with Crippen LogP contribution in [0.1, 0.15) is 48.0 Å². The molecule has 0 aromatic carbocycles. The first-order valence-electron chi connectivity index (χ1n) is 9.36. The second kappa shape index (κ2) is 6.78. The van der Waals surface area contributed by atoms with Crippen molar-refractivity contribution in [2.24, 2.45) is 0 Å².